The Hall–Kier alpha value is -3.09. The van der Waals surface area contributed by atoms with E-state index in [0.717, 1.165) is 36.0 Å². The Kier molecular flexibility index (Phi) is 8.48. The van der Waals surface area contributed by atoms with Gasteiger partial charge in [0.15, 0.2) is 17.5 Å². The molecule has 174 valence electrons. The van der Waals surface area contributed by atoms with E-state index in [-0.39, 0.29) is 0 Å². The maximum Gasteiger partial charge on any atom is 0.203 e. The molecule has 2 aromatic rings. The molecular weight excluding hydrogens is 406 g/mol. The molecule has 1 saturated carbocycles. The van der Waals surface area contributed by atoms with Crippen LogP contribution < -0.4 is 29.6 Å². The first-order chi connectivity index (χ1) is 15.6. The summed E-state index contributed by atoms with van der Waals surface area (Å²) in [4.78, 5) is 4.75. The van der Waals surface area contributed by atoms with Crippen LogP contribution in [-0.4, -0.2) is 40.4 Å². The Morgan fingerprint density at radius 2 is 1.69 bits per heavy atom. The lowest BCUT2D eigenvalue weighted by atomic mass is 10.1. The number of aryl methyl sites for hydroxylation is 1. The number of nitrogens with zero attached hydrogens (tertiary/aromatic N) is 1. The molecule has 0 aliphatic heterocycles. The number of hydrogen-bond donors (Lipinski definition) is 2. The number of benzene rings is 2. The van der Waals surface area contributed by atoms with Gasteiger partial charge in [-0.25, -0.2) is 4.99 Å². The van der Waals surface area contributed by atoms with Crippen molar-refractivity contribution in [3.05, 3.63) is 47.0 Å². The number of rotatable bonds is 11. The first-order valence-electron chi connectivity index (χ1n) is 11.1. The highest BCUT2D eigenvalue weighted by molar-refractivity contribution is 5.80. The minimum atomic E-state index is 0.428. The molecule has 2 aromatic carbocycles. The molecule has 0 radical (unpaired) electrons. The molecule has 7 heteroatoms. The summed E-state index contributed by atoms with van der Waals surface area (Å²) in [6.07, 6.45) is 2.55. The van der Waals surface area contributed by atoms with E-state index >= 15 is 0 Å². The van der Waals surface area contributed by atoms with Crippen LogP contribution in [0.4, 0.5) is 0 Å². The van der Waals surface area contributed by atoms with Crippen LogP contribution in [0.25, 0.3) is 0 Å². The molecule has 1 fully saturated rings. The van der Waals surface area contributed by atoms with Crippen molar-refractivity contribution in [2.24, 2.45) is 10.9 Å². The highest BCUT2D eigenvalue weighted by Gasteiger charge is 2.22. The Morgan fingerprint density at radius 1 is 0.938 bits per heavy atom. The highest BCUT2D eigenvalue weighted by atomic mass is 16.5. The van der Waals surface area contributed by atoms with E-state index in [1.807, 2.05) is 19.1 Å². The van der Waals surface area contributed by atoms with Gasteiger partial charge >= 0.3 is 0 Å². The summed E-state index contributed by atoms with van der Waals surface area (Å²) in [5.41, 5.74) is 3.22. The molecule has 32 heavy (non-hydrogen) atoms. The minimum absolute atomic E-state index is 0.428. The number of guanidine groups is 1. The maximum atomic E-state index is 6.10. The number of nitrogens with one attached hydrogen (secondary N) is 2. The third kappa shape index (κ3) is 6.22. The molecule has 0 bridgehead atoms. The molecule has 1 aliphatic carbocycles. The second-order valence-corrected chi connectivity index (χ2v) is 7.91. The fourth-order valence-electron chi connectivity index (χ4n) is 3.41. The zero-order valence-corrected chi connectivity index (χ0v) is 19.8. The maximum absolute atomic E-state index is 6.10. The largest absolute Gasteiger partial charge is 0.493 e. The summed E-state index contributed by atoms with van der Waals surface area (Å²) in [6.45, 7) is 6.73. The highest BCUT2D eigenvalue weighted by Crippen LogP contribution is 2.40. The van der Waals surface area contributed by atoms with Crippen LogP contribution in [0.2, 0.25) is 0 Å². The van der Waals surface area contributed by atoms with Gasteiger partial charge in [-0.3, -0.25) is 0 Å². The molecule has 0 amide bonds. The number of methoxy groups -OCH3 is 3. The lowest BCUT2D eigenvalue weighted by molar-refractivity contribution is 0.296. The summed E-state index contributed by atoms with van der Waals surface area (Å²) in [5, 5.41) is 6.73. The summed E-state index contributed by atoms with van der Waals surface area (Å²) in [7, 11) is 4.83. The van der Waals surface area contributed by atoms with Gasteiger partial charge in [-0.15, -0.1) is 0 Å². The van der Waals surface area contributed by atoms with Crippen molar-refractivity contribution in [2.75, 3.05) is 34.5 Å². The van der Waals surface area contributed by atoms with Gasteiger partial charge in [-0.1, -0.05) is 12.1 Å². The minimum Gasteiger partial charge on any atom is -0.493 e. The molecule has 1 aliphatic rings. The zero-order chi connectivity index (χ0) is 22.9. The van der Waals surface area contributed by atoms with Gasteiger partial charge in [0.1, 0.15) is 5.75 Å². The quantitative estimate of drug-likeness (QED) is 0.405. The summed E-state index contributed by atoms with van der Waals surface area (Å²) in [6, 6.07) is 10.1. The third-order valence-electron chi connectivity index (χ3n) is 5.38. The van der Waals surface area contributed by atoms with Gasteiger partial charge in [0, 0.05) is 24.2 Å². The van der Waals surface area contributed by atoms with E-state index in [0.29, 0.717) is 36.3 Å². The van der Waals surface area contributed by atoms with Crippen LogP contribution in [0.5, 0.6) is 23.0 Å². The van der Waals surface area contributed by atoms with E-state index in [4.69, 9.17) is 23.9 Å². The SMILES string of the molecule is CCNC(=NCc1ccc(OC)c(OC)c1OC)NCc1ccc(C)cc1OCC1CC1. The summed E-state index contributed by atoms with van der Waals surface area (Å²) < 4.78 is 22.5. The molecule has 0 unspecified atom stereocenters. The number of aliphatic imine (C=N–C) groups is 1. The second kappa shape index (κ2) is 11.5. The first-order valence-corrected chi connectivity index (χ1v) is 11.1. The number of ether oxygens (including phenoxy) is 4. The lowest BCUT2D eigenvalue weighted by Crippen LogP contribution is -2.36. The molecule has 0 heterocycles. The van der Waals surface area contributed by atoms with Crippen molar-refractivity contribution < 1.29 is 18.9 Å². The van der Waals surface area contributed by atoms with Crippen LogP contribution in [0.1, 0.15) is 36.5 Å². The van der Waals surface area contributed by atoms with Gasteiger partial charge in [-0.05, 0) is 56.4 Å². The number of hydrogen-bond acceptors (Lipinski definition) is 5. The average Bonchev–Trinajstić information content (AvgIpc) is 3.64. The van der Waals surface area contributed by atoms with Crippen LogP contribution in [0.15, 0.2) is 35.3 Å². The smallest absolute Gasteiger partial charge is 0.203 e. The summed E-state index contributed by atoms with van der Waals surface area (Å²) in [5.74, 6) is 4.20. The van der Waals surface area contributed by atoms with Crippen molar-refractivity contribution in [2.45, 2.75) is 39.8 Å². The fraction of sp³-hybridized carbons (Fsp3) is 0.480. The Bertz CT molecular complexity index is 926. The van der Waals surface area contributed by atoms with Gasteiger partial charge in [0.25, 0.3) is 0 Å². The normalized spacial score (nSPS) is 13.5. The molecule has 0 atom stereocenters. The van der Waals surface area contributed by atoms with Gasteiger partial charge in [-0.2, -0.15) is 0 Å². The summed E-state index contributed by atoms with van der Waals surface area (Å²) >= 11 is 0. The van der Waals surface area contributed by atoms with Crippen molar-refractivity contribution in [3.8, 4) is 23.0 Å². The third-order valence-corrected chi connectivity index (χ3v) is 5.38. The average molecular weight is 442 g/mol. The van der Waals surface area contributed by atoms with E-state index < -0.39 is 0 Å². The molecule has 7 nitrogen and oxygen atoms in total. The lowest BCUT2D eigenvalue weighted by Gasteiger charge is -2.17. The van der Waals surface area contributed by atoms with Crippen molar-refractivity contribution in [1.29, 1.82) is 0 Å². The van der Waals surface area contributed by atoms with Crippen LogP contribution >= 0.6 is 0 Å². The van der Waals surface area contributed by atoms with Crippen molar-refractivity contribution >= 4 is 5.96 Å². The van der Waals surface area contributed by atoms with E-state index in [1.54, 1.807) is 21.3 Å². The molecule has 2 N–H and O–H groups in total. The Morgan fingerprint density at radius 3 is 2.34 bits per heavy atom. The topological polar surface area (TPSA) is 73.3 Å². The molecule has 0 saturated heterocycles. The predicted molar refractivity (Wildman–Crippen MR) is 127 cm³/mol. The van der Waals surface area contributed by atoms with E-state index in [9.17, 15) is 0 Å². The van der Waals surface area contributed by atoms with Crippen LogP contribution in [0.3, 0.4) is 0 Å². The van der Waals surface area contributed by atoms with Gasteiger partial charge in [0.2, 0.25) is 5.75 Å². The monoisotopic (exact) mass is 441 g/mol. The van der Waals surface area contributed by atoms with E-state index in [1.165, 1.54) is 18.4 Å². The standard InChI is InChI=1S/C25H35N3O4/c1-6-26-25(28-15-20-11-12-21(29-3)24(31-5)23(20)30-4)27-14-19-10-7-17(2)13-22(19)32-16-18-8-9-18/h7,10-13,18H,6,8-9,14-16H2,1-5H3,(H2,26,27,28). The molecule has 3 rings (SSSR count). The van der Waals surface area contributed by atoms with Crippen molar-refractivity contribution in [3.63, 3.8) is 0 Å². The Labute approximate surface area is 191 Å². The fourth-order valence-corrected chi connectivity index (χ4v) is 3.41. The van der Waals surface area contributed by atoms with E-state index in [2.05, 4.69) is 35.8 Å². The first kappa shape index (κ1) is 23.6. The zero-order valence-electron chi connectivity index (χ0n) is 19.8. The molecular formula is C25H35N3O4. The molecule has 0 aromatic heterocycles. The predicted octanol–water partition coefficient (Wildman–Crippen LogP) is 4.06. The van der Waals surface area contributed by atoms with Crippen LogP contribution in [-0.2, 0) is 13.1 Å². The van der Waals surface area contributed by atoms with Crippen LogP contribution in [0, 0.1) is 12.8 Å². The Balaban J connectivity index is 1.72. The molecule has 0 spiro atoms. The second-order valence-electron chi connectivity index (χ2n) is 7.91. The van der Waals surface area contributed by atoms with Gasteiger partial charge in [0.05, 0.1) is 34.5 Å². The van der Waals surface area contributed by atoms with Gasteiger partial charge < -0.3 is 29.6 Å². The van der Waals surface area contributed by atoms with Crippen molar-refractivity contribution in [1.82, 2.24) is 10.6 Å².